The second-order valence-corrected chi connectivity index (χ2v) is 12.5. The zero-order chi connectivity index (χ0) is 26.5. The summed E-state index contributed by atoms with van der Waals surface area (Å²) in [5.74, 6) is -6.10. The Morgan fingerprint density at radius 1 is 1.14 bits per heavy atom. The van der Waals surface area contributed by atoms with Gasteiger partial charge in [0.05, 0.1) is 40.6 Å². The largest absolute Gasteiger partial charge is 0.387 e. The predicted octanol–water partition coefficient (Wildman–Crippen LogP) is 4.12. The van der Waals surface area contributed by atoms with E-state index >= 15 is 0 Å². The third-order valence-corrected chi connectivity index (χ3v) is 10.2. The zero-order valence-corrected chi connectivity index (χ0v) is 21.1. The van der Waals surface area contributed by atoms with Gasteiger partial charge in [0, 0.05) is 23.4 Å². The molecule has 5 rings (SSSR count). The molecule has 2 saturated carbocycles. The molecular weight excluding hydrogens is 535 g/mol. The summed E-state index contributed by atoms with van der Waals surface area (Å²) in [5, 5.41) is 12.5. The lowest BCUT2D eigenvalue weighted by Crippen LogP contribution is -2.48. The smallest absolute Gasteiger partial charge is 0.255 e. The van der Waals surface area contributed by atoms with Gasteiger partial charge in [0.25, 0.3) is 5.91 Å². The minimum Gasteiger partial charge on any atom is -0.387 e. The molecule has 0 radical (unpaired) electrons. The van der Waals surface area contributed by atoms with Crippen LogP contribution in [0.1, 0.15) is 36.0 Å². The number of rotatable bonds is 8. The first kappa shape index (κ1) is 26.4. The molecule has 3 fully saturated rings. The van der Waals surface area contributed by atoms with E-state index in [1.807, 2.05) is 0 Å². The molecule has 12 heteroatoms. The molecule has 0 spiro atoms. The van der Waals surface area contributed by atoms with Crippen molar-refractivity contribution in [2.24, 2.45) is 11.8 Å². The quantitative estimate of drug-likeness (QED) is 0.372. The van der Waals surface area contributed by atoms with Crippen molar-refractivity contribution >= 4 is 33.0 Å². The topological polar surface area (TPSA) is 105 Å². The monoisotopic (exact) mass is 559 g/mol. The van der Waals surface area contributed by atoms with Crippen LogP contribution in [0.3, 0.4) is 0 Å². The second kappa shape index (κ2) is 9.85. The molecule has 2 bridgehead atoms. The number of amides is 1. The van der Waals surface area contributed by atoms with E-state index in [0.717, 1.165) is 6.07 Å². The first-order valence-electron chi connectivity index (χ1n) is 11.9. The number of carbonyl (C=O) groups is 1. The SMILES string of the molecule is O=C(Nc1cc(F)c(F)c(F)c1)c1ccc(Cl)c(S(=O)(=O)[C@H]2C3CC[C@H]2C[C@](O)(COCC2CO2)C3)c1. The minimum absolute atomic E-state index is 0.0600. The molecule has 1 amide bonds. The number of aliphatic hydroxyl groups is 1. The van der Waals surface area contributed by atoms with Crippen molar-refractivity contribution in [3.05, 3.63) is 58.4 Å². The molecule has 200 valence electrons. The average Bonchev–Trinajstić information content (AvgIpc) is 3.59. The van der Waals surface area contributed by atoms with Crippen molar-refractivity contribution in [1.82, 2.24) is 0 Å². The van der Waals surface area contributed by atoms with E-state index in [0.29, 0.717) is 38.2 Å². The normalized spacial score (nSPS) is 28.8. The summed E-state index contributed by atoms with van der Waals surface area (Å²) < 4.78 is 78.5. The van der Waals surface area contributed by atoms with E-state index in [9.17, 15) is 31.5 Å². The van der Waals surface area contributed by atoms with Gasteiger partial charge in [0.2, 0.25) is 0 Å². The number of carbonyl (C=O) groups excluding carboxylic acids is 1. The van der Waals surface area contributed by atoms with Gasteiger partial charge in [-0.05, 0) is 55.7 Å². The average molecular weight is 560 g/mol. The molecule has 1 heterocycles. The highest BCUT2D eigenvalue weighted by Gasteiger charge is 2.54. The maximum absolute atomic E-state index is 13.8. The predicted molar refractivity (Wildman–Crippen MR) is 128 cm³/mol. The van der Waals surface area contributed by atoms with Crippen LogP contribution in [0.25, 0.3) is 0 Å². The van der Waals surface area contributed by atoms with Crippen LogP contribution in [0.2, 0.25) is 5.02 Å². The fraction of sp³-hybridized carbons (Fsp3) is 0.480. The number of hydrogen-bond donors (Lipinski definition) is 2. The minimum atomic E-state index is -4.00. The standard InChI is InChI=1S/C25H25ClF3NO6S/c26-18-4-3-13(24(31)30-16-6-19(27)22(29)20(28)7-16)5-21(18)37(33,34)23-14-1-2-15(23)9-25(32,8-14)12-35-10-17-11-36-17/h3-7,14-15,17,23,32H,1-2,8-12H2,(H,30,31)/t14-,15?,17?,23+,25+/m0/s1. The van der Waals surface area contributed by atoms with E-state index in [4.69, 9.17) is 21.1 Å². The molecule has 5 atom stereocenters. The first-order chi connectivity index (χ1) is 17.5. The van der Waals surface area contributed by atoms with Gasteiger partial charge < -0.3 is 19.9 Å². The van der Waals surface area contributed by atoms with Gasteiger partial charge in [0.15, 0.2) is 27.3 Å². The Morgan fingerprint density at radius 2 is 1.76 bits per heavy atom. The molecule has 2 unspecified atom stereocenters. The molecule has 2 N–H and O–H groups in total. The van der Waals surface area contributed by atoms with Crippen LogP contribution < -0.4 is 5.32 Å². The van der Waals surface area contributed by atoms with Crippen LogP contribution in [-0.2, 0) is 19.3 Å². The Hall–Kier alpha value is -2.18. The van der Waals surface area contributed by atoms with E-state index in [1.54, 1.807) is 0 Å². The molecule has 1 saturated heterocycles. The summed E-state index contributed by atoms with van der Waals surface area (Å²) in [5.41, 5.74) is -1.57. The van der Waals surface area contributed by atoms with Gasteiger partial charge >= 0.3 is 0 Å². The highest BCUT2D eigenvalue weighted by Crippen LogP contribution is 2.51. The van der Waals surface area contributed by atoms with Crippen LogP contribution in [0.5, 0.6) is 0 Å². The summed E-state index contributed by atoms with van der Waals surface area (Å²) in [6, 6.07) is 4.91. The Bertz CT molecular complexity index is 1300. The van der Waals surface area contributed by atoms with Crippen LogP contribution in [0.4, 0.5) is 18.9 Å². The van der Waals surface area contributed by atoms with E-state index < -0.39 is 44.0 Å². The lowest BCUT2D eigenvalue weighted by molar-refractivity contribution is -0.0842. The van der Waals surface area contributed by atoms with Gasteiger partial charge in [0.1, 0.15) is 6.10 Å². The van der Waals surface area contributed by atoms with Crippen LogP contribution in [0, 0.1) is 29.3 Å². The van der Waals surface area contributed by atoms with Gasteiger partial charge in [-0.15, -0.1) is 0 Å². The Morgan fingerprint density at radius 3 is 2.35 bits per heavy atom. The lowest BCUT2D eigenvalue weighted by Gasteiger charge is -2.40. The lowest BCUT2D eigenvalue weighted by atomic mass is 9.77. The number of sulfone groups is 1. The molecule has 2 aliphatic carbocycles. The maximum Gasteiger partial charge on any atom is 0.255 e. The highest BCUT2D eigenvalue weighted by molar-refractivity contribution is 7.92. The van der Waals surface area contributed by atoms with Crippen molar-refractivity contribution in [1.29, 1.82) is 0 Å². The Labute approximate surface area is 216 Å². The third kappa shape index (κ3) is 5.37. The number of halogens is 4. The van der Waals surface area contributed by atoms with Crippen molar-refractivity contribution in [3.63, 3.8) is 0 Å². The summed E-state index contributed by atoms with van der Waals surface area (Å²) in [7, 11) is -4.00. The Balaban J connectivity index is 1.34. The van der Waals surface area contributed by atoms with Crippen molar-refractivity contribution in [2.75, 3.05) is 25.1 Å². The second-order valence-electron chi connectivity index (χ2n) is 10.1. The number of nitrogens with one attached hydrogen (secondary N) is 1. The van der Waals surface area contributed by atoms with Crippen molar-refractivity contribution in [2.45, 2.75) is 47.5 Å². The maximum atomic E-state index is 13.8. The van der Waals surface area contributed by atoms with Crippen molar-refractivity contribution in [3.8, 4) is 0 Å². The molecule has 1 aliphatic heterocycles. The summed E-state index contributed by atoms with van der Waals surface area (Å²) >= 11 is 6.27. The summed E-state index contributed by atoms with van der Waals surface area (Å²) in [4.78, 5) is 12.5. The fourth-order valence-corrected chi connectivity index (χ4v) is 8.49. The number of fused-ring (bicyclic) bond motifs is 2. The summed E-state index contributed by atoms with van der Waals surface area (Å²) in [6.45, 7) is 1.13. The fourth-order valence-electron chi connectivity index (χ4n) is 5.65. The van der Waals surface area contributed by atoms with E-state index in [-0.39, 0.29) is 58.6 Å². The first-order valence-corrected chi connectivity index (χ1v) is 13.8. The Kier molecular flexibility index (Phi) is 7.03. The molecule has 0 aromatic heterocycles. The molecule has 2 aromatic carbocycles. The van der Waals surface area contributed by atoms with Crippen LogP contribution >= 0.6 is 11.6 Å². The number of anilines is 1. The number of epoxide rings is 1. The summed E-state index contributed by atoms with van der Waals surface area (Å²) in [6.07, 6.45) is 1.84. The third-order valence-electron chi connectivity index (χ3n) is 7.30. The van der Waals surface area contributed by atoms with Gasteiger partial charge in [-0.3, -0.25) is 4.79 Å². The number of ether oxygens (including phenoxy) is 2. The van der Waals surface area contributed by atoms with Crippen LogP contribution in [-0.4, -0.2) is 56.2 Å². The van der Waals surface area contributed by atoms with Crippen molar-refractivity contribution < 1.29 is 41.0 Å². The molecule has 7 nitrogen and oxygen atoms in total. The van der Waals surface area contributed by atoms with Gasteiger partial charge in [-0.1, -0.05) is 11.6 Å². The van der Waals surface area contributed by atoms with Crippen LogP contribution in [0.15, 0.2) is 35.2 Å². The van der Waals surface area contributed by atoms with Gasteiger partial charge in [-0.2, -0.15) is 0 Å². The van der Waals surface area contributed by atoms with E-state index in [2.05, 4.69) is 5.32 Å². The zero-order valence-electron chi connectivity index (χ0n) is 19.6. The van der Waals surface area contributed by atoms with E-state index in [1.165, 1.54) is 12.1 Å². The number of benzene rings is 2. The van der Waals surface area contributed by atoms with Gasteiger partial charge in [-0.25, -0.2) is 21.6 Å². The molecule has 37 heavy (non-hydrogen) atoms. The molecule has 3 aliphatic rings. The molecule has 2 aromatic rings. The molecular formula is C25H25ClF3NO6S. The number of hydrogen-bond acceptors (Lipinski definition) is 6. The highest BCUT2D eigenvalue weighted by atomic mass is 35.5.